The molecule has 0 atom stereocenters. The van der Waals surface area contributed by atoms with Gasteiger partial charge in [-0.25, -0.2) is 4.79 Å². The summed E-state index contributed by atoms with van der Waals surface area (Å²) in [4.78, 5) is 32.5. The minimum absolute atomic E-state index is 0.0402. The number of phenolic OH excluding ortho intramolecular Hbond substituents is 1. The first-order valence-corrected chi connectivity index (χ1v) is 4.96. The molecule has 6 heteroatoms. The number of benzene rings is 1. The van der Waals surface area contributed by atoms with Crippen LogP contribution in [0, 0.1) is 0 Å². The van der Waals surface area contributed by atoms with Gasteiger partial charge in [-0.15, -0.1) is 0 Å². The zero-order valence-corrected chi connectivity index (χ0v) is 9.51. The van der Waals surface area contributed by atoms with Crippen LogP contribution in [0.1, 0.15) is 17.3 Å². The van der Waals surface area contributed by atoms with Crippen molar-refractivity contribution in [3.63, 3.8) is 0 Å². The third kappa shape index (κ3) is 3.75. The number of hydrogen-bond donors (Lipinski definition) is 3. The monoisotopic (exact) mass is 249 g/mol. The number of rotatable bonds is 4. The van der Waals surface area contributed by atoms with Gasteiger partial charge in [0.05, 0.1) is 5.56 Å². The maximum atomic E-state index is 11.5. The van der Waals surface area contributed by atoms with E-state index in [1.54, 1.807) is 0 Å². The second-order valence-electron chi connectivity index (χ2n) is 3.45. The van der Waals surface area contributed by atoms with Gasteiger partial charge in [0.15, 0.2) is 5.78 Å². The van der Waals surface area contributed by atoms with E-state index in [1.165, 1.54) is 25.1 Å². The predicted octanol–water partition coefficient (Wildman–Crippen LogP) is 1.17. The number of anilines is 1. The van der Waals surface area contributed by atoms with E-state index in [2.05, 4.69) is 5.32 Å². The summed E-state index contributed by atoms with van der Waals surface area (Å²) in [6, 6.07) is 3.95. The SMILES string of the molecule is CC(=O)Nc1ccc(C(=O)C=CC(=O)O)c(O)c1. The van der Waals surface area contributed by atoms with E-state index in [4.69, 9.17) is 5.11 Å². The molecule has 0 aliphatic carbocycles. The Morgan fingerprint density at radius 2 is 1.89 bits per heavy atom. The number of aromatic hydroxyl groups is 1. The van der Waals surface area contributed by atoms with Gasteiger partial charge in [0.25, 0.3) is 0 Å². The fourth-order valence-corrected chi connectivity index (χ4v) is 1.26. The Morgan fingerprint density at radius 3 is 2.39 bits per heavy atom. The fourth-order valence-electron chi connectivity index (χ4n) is 1.26. The minimum Gasteiger partial charge on any atom is -0.507 e. The zero-order chi connectivity index (χ0) is 13.7. The van der Waals surface area contributed by atoms with Crippen LogP contribution in [0.2, 0.25) is 0 Å². The zero-order valence-electron chi connectivity index (χ0n) is 9.51. The predicted molar refractivity (Wildman–Crippen MR) is 63.5 cm³/mol. The lowest BCUT2D eigenvalue weighted by Crippen LogP contribution is -2.06. The standard InChI is InChI=1S/C12H11NO5/c1-7(14)13-8-2-3-9(11(16)6-8)10(15)4-5-12(17)18/h2-6,16H,1H3,(H,13,14)(H,17,18). The smallest absolute Gasteiger partial charge is 0.328 e. The minimum atomic E-state index is -1.25. The van der Waals surface area contributed by atoms with Gasteiger partial charge < -0.3 is 15.5 Å². The molecule has 0 aliphatic rings. The Labute approximate surface area is 103 Å². The Kier molecular flexibility index (Phi) is 4.20. The molecule has 0 fully saturated rings. The molecule has 6 nitrogen and oxygen atoms in total. The molecule has 1 aromatic rings. The van der Waals surface area contributed by atoms with Crippen molar-refractivity contribution < 1.29 is 24.6 Å². The highest BCUT2D eigenvalue weighted by Crippen LogP contribution is 2.22. The number of carboxylic acids is 1. The molecule has 94 valence electrons. The largest absolute Gasteiger partial charge is 0.507 e. The molecule has 0 unspecified atom stereocenters. The summed E-state index contributed by atoms with van der Waals surface area (Å²) in [6.45, 7) is 1.31. The summed E-state index contributed by atoms with van der Waals surface area (Å²) < 4.78 is 0. The van der Waals surface area contributed by atoms with Crippen molar-refractivity contribution in [1.29, 1.82) is 0 Å². The highest BCUT2D eigenvalue weighted by molar-refractivity contribution is 6.08. The first-order valence-electron chi connectivity index (χ1n) is 4.96. The number of carbonyl (C=O) groups excluding carboxylic acids is 2. The lowest BCUT2D eigenvalue weighted by molar-refractivity contribution is -0.131. The van der Waals surface area contributed by atoms with Crippen molar-refractivity contribution in [2.75, 3.05) is 5.32 Å². The summed E-state index contributed by atoms with van der Waals surface area (Å²) in [7, 11) is 0. The van der Waals surface area contributed by atoms with Crippen LogP contribution in [0.4, 0.5) is 5.69 Å². The molecule has 0 spiro atoms. The summed E-state index contributed by atoms with van der Waals surface area (Å²) in [5, 5.41) is 20.4. The molecule has 3 N–H and O–H groups in total. The highest BCUT2D eigenvalue weighted by atomic mass is 16.4. The molecular weight excluding hydrogens is 238 g/mol. The molecule has 0 bridgehead atoms. The average molecular weight is 249 g/mol. The van der Waals surface area contributed by atoms with Crippen molar-refractivity contribution in [3.05, 3.63) is 35.9 Å². The van der Waals surface area contributed by atoms with E-state index in [0.29, 0.717) is 11.8 Å². The Balaban J connectivity index is 2.95. The molecule has 1 aromatic carbocycles. The molecule has 0 aliphatic heterocycles. The first kappa shape index (κ1) is 13.4. The van der Waals surface area contributed by atoms with E-state index in [9.17, 15) is 19.5 Å². The molecule has 0 saturated heterocycles. The van der Waals surface area contributed by atoms with Crippen LogP contribution in [0.15, 0.2) is 30.4 Å². The third-order valence-corrected chi connectivity index (χ3v) is 1.96. The number of carboxylic acid groups (broad SMARTS) is 1. The number of phenols is 1. The summed E-state index contributed by atoms with van der Waals surface area (Å²) in [5.74, 6) is -2.53. The van der Waals surface area contributed by atoms with E-state index in [-0.39, 0.29) is 17.2 Å². The van der Waals surface area contributed by atoms with Crippen LogP contribution >= 0.6 is 0 Å². The van der Waals surface area contributed by atoms with Gasteiger partial charge in [-0.05, 0) is 18.2 Å². The number of hydrogen-bond acceptors (Lipinski definition) is 4. The van der Waals surface area contributed by atoms with E-state index in [0.717, 1.165) is 6.08 Å². The molecule has 0 heterocycles. The number of allylic oxidation sites excluding steroid dienone is 1. The average Bonchev–Trinajstić information content (AvgIpc) is 2.25. The van der Waals surface area contributed by atoms with E-state index >= 15 is 0 Å². The van der Waals surface area contributed by atoms with Crippen LogP contribution in [0.3, 0.4) is 0 Å². The molecule has 0 saturated carbocycles. The number of ketones is 1. The van der Waals surface area contributed by atoms with Gasteiger partial charge in [0.1, 0.15) is 5.75 Å². The first-order chi connectivity index (χ1) is 8.40. The van der Waals surface area contributed by atoms with Gasteiger partial charge in [0, 0.05) is 24.8 Å². The van der Waals surface area contributed by atoms with Crippen LogP contribution in [0.5, 0.6) is 5.75 Å². The van der Waals surface area contributed by atoms with Gasteiger partial charge in [0.2, 0.25) is 5.91 Å². The van der Waals surface area contributed by atoms with Gasteiger partial charge >= 0.3 is 5.97 Å². The summed E-state index contributed by atoms with van der Waals surface area (Å²) in [5.41, 5.74) is 0.306. The highest BCUT2D eigenvalue weighted by Gasteiger charge is 2.09. The van der Waals surface area contributed by atoms with Gasteiger partial charge in [-0.3, -0.25) is 9.59 Å². The van der Waals surface area contributed by atoms with Crippen molar-refractivity contribution >= 4 is 23.3 Å². The van der Waals surface area contributed by atoms with Crippen LogP contribution in [-0.4, -0.2) is 27.9 Å². The fraction of sp³-hybridized carbons (Fsp3) is 0.0833. The van der Waals surface area contributed by atoms with Crippen LogP contribution in [-0.2, 0) is 9.59 Å². The van der Waals surface area contributed by atoms with Crippen molar-refractivity contribution in [2.24, 2.45) is 0 Å². The third-order valence-electron chi connectivity index (χ3n) is 1.96. The number of aliphatic carboxylic acids is 1. The lowest BCUT2D eigenvalue weighted by atomic mass is 10.1. The van der Waals surface area contributed by atoms with Crippen molar-refractivity contribution in [2.45, 2.75) is 6.92 Å². The molecule has 1 rings (SSSR count). The Bertz CT molecular complexity index is 533. The second kappa shape index (κ2) is 5.62. The second-order valence-corrected chi connectivity index (χ2v) is 3.45. The van der Waals surface area contributed by atoms with E-state index < -0.39 is 11.8 Å². The Morgan fingerprint density at radius 1 is 1.22 bits per heavy atom. The molecule has 0 aromatic heterocycles. The van der Waals surface area contributed by atoms with Crippen LogP contribution < -0.4 is 5.32 Å². The maximum absolute atomic E-state index is 11.5. The van der Waals surface area contributed by atoms with E-state index in [1.807, 2.05) is 0 Å². The topological polar surface area (TPSA) is 104 Å². The molecule has 1 amide bonds. The van der Waals surface area contributed by atoms with Gasteiger partial charge in [-0.2, -0.15) is 0 Å². The molecule has 18 heavy (non-hydrogen) atoms. The Hall–Kier alpha value is -2.63. The molecule has 0 radical (unpaired) electrons. The van der Waals surface area contributed by atoms with Crippen molar-refractivity contribution in [1.82, 2.24) is 0 Å². The molecular formula is C12H11NO5. The summed E-state index contributed by atoms with van der Waals surface area (Å²) in [6.07, 6.45) is 1.53. The van der Waals surface area contributed by atoms with Crippen LogP contribution in [0.25, 0.3) is 0 Å². The maximum Gasteiger partial charge on any atom is 0.328 e. The summed E-state index contributed by atoms with van der Waals surface area (Å²) >= 11 is 0. The van der Waals surface area contributed by atoms with Crippen molar-refractivity contribution in [3.8, 4) is 5.75 Å². The lowest BCUT2D eigenvalue weighted by Gasteiger charge is -2.05. The number of carbonyl (C=O) groups is 3. The quantitative estimate of drug-likeness (QED) is 0.549. The van der Waals surface area contributed by atoms with Gasteiger partial charge in [-0.1, -0.05) is 0 Å². The number of nitrogens with one attached hydrogen (secondary N) is 1. The number of amides is 1. The normalized spacial score (nSPS) is 10.3.